The topological polar surface area (TPSA) is 105 Å². The summed E-state index contributed by atoms with van der Waals surface area (Å²) in [6, 6.07) is 12.3. The van der Waals surface area contributed by atoms with E-state index in [1.54, 1.807) is 12.1 Å². The molecule has 3 aromatic rings. The standard InChI is InChI=1S/C20H25N5O3S/c1-3-6-17(19-24-23-18-7-4-5-12-25(18)19)22-20(26)21-13-15-8-10-16(11-9-15)14-29(2,27)28/h4-5,7-12,17H,3,6,13-14H2,1-2H3,(H2,21,22,26). The second-order valence-corrected chi connectivity index (χ2v) is 9.18. The highest BCUT2D eigenvalue weighted by molar-refractivity contribution is 7.89. The Morgan fingerprint density at radius 3 is 2.52 bits per heavy atom. The summed E-state index contributed by atoms with van der Waals surface area (Å²) >= 11 is 0. The summed E-state index contributed by atoms with van der Waals surface area (Å²) in [7, 11) is -3.06. The molecule has 0 spiro atoms. The van der Waals surface area contributed by atoms with Crippen molar-refractivity contribution in [3.8, 4) is 0 Å². The molecule has 0 aliphatic carbocycles. The van der Waals surface area contributed by atoms with E-state index in [1.165, 1.54) is 6.26 Å². The van der Waals surface area contributed by atoms with Crippen LogP contribution in [0.4, 0.5) is 4.79 Å². The summed E-state index contributed by atoms with van der Waals surface area (Å²) in [4.78, 5) is 12.4. The van der Waals surface area contributed by atoms with Crippen LogP contribution in [0.3, 0.4) is 0 Å². The molecule has 8 nitrogen and oxygen atoms in total. The lowest BCUT2D eigenvalue weighted by atomic mass is 10.1. The molecule has 2 heterocycles. The number of pyridine rings is 1. The normalized spacial score (nSPS) is 12.6. The van der Waals surface area contributed by atoms with E-state index in [1.807, 2.05) is 47.9 Å². The van der Waals surface area contributed by atoms with Crippen molar-refractivity contribution in [2.24, 2.45) is 0 Å². The zero-order valence-corrected chi connectivity index (χ0v) is 17.3. The first-order valence-corrected chi connectivity index (χ1v) is 11.5. The van der Waals surface area contributed by atoms with Gasteiger partial charge in [0.15, 0.2) is 21.3 Å². The van der Waals surface area contributed by atoms with Gasteiger partial charge in [-0.2, -0.15) is 0 Å². The molecular weight excluding hydrogens is 390 g/mol. The summed E-state index contributed by atoms with van der Waals surface area (Å²) in [6.07, 6.45) is 4.71. The van der Waals surface area contributed by atoms with Crippen LogP contribution in [0.5, 0.6) is 0 Å². The van der Waals surface area contributed by atoms with E-state index >= 15 is 0 Å². The fraction of sp³-hybridized carbons (Fsp3) is 0.350. The minimum Gasteiger partial charge on any atom is -0.334 e. The predicted octanol–water partition coefficient (Wildman–Crippen LogP) is 2.61. The van der Waals surface area contributed by atoms with Gasteiger partial charge in [0, 0.05) is 19.0 Å². The Bertz CT molecular complexity index is 1080. The summed E-state index contributed by atoms with van der Waals surface area (Å²) < 4.78 is 24.6. The van der Waals surface area contributed by atoms with E-state index < -0.39 is 9.84 Å². The molecule has 0 bridgehead atoms. The van der Waals surface area contributed by atoms with Gasteiger partial charge in [0.05, 0.1) is 11.8 Å². The SMILES string of the molecule is CCCC(NC(=O)NCc1ccc(CS(C)(=O)=O)cc1)c1nnc2ccccn12. The predicted molar refractivity (Wildman–Crippen MR) is 111 cm³/mol. The number of sulfone groups is 1. The number of carbonyl (C=O) groups excluding carboxylic acids is 1. The Kier molecular flexibility index (Phi) is 6.48. The Morgan fingerprint density at radius 2 is 1.83 bits per heavy atom. The van der Waals surface area contributed by atoms with Crippen molar-refractivity contribution in [3.63, 3.8) is 0 Å². The highest BCUT2D eigenvalue weighted by Gasteiger charge is 2.19. The maximum absolute atomic E-state index is 12.4. The molecule has 3 rings (SSSR count). The van der Waals surface area contributed by atoms with Crippen molar-refractivity contribution in [1.82, 2.24) is 25.2 Å². The van der Waals surface area contributed by atoms with Crippen molar-refractivity contribution in [3.05, 3.63) is 65.6 Å². The minimum atomic E-state index is -3.06. The zero-order valence-electron chi connectivity index (χ0n) is 16.5. The van der Waals surface area contributed by atoms with Gasteiger partial charge in [-0.15, -0.1) is 10.2 Å². The first-order valence-electron chi connectivity index (χ1n) is 9.45. The Morgan fingerprint density at radius 1 is 1.10 bits per heavy atom. The van der Waals surface area contributed by atoms with Gasteiger partial charge in [-0.1, -0.05) is 43.7 Å². The van der Waals surface area contributed by atoms with Gasteiger partial charge >= 0.3 is 6.03 Å². The van der Waals surface area contributed by atoms with Crippen LogP contribution in [0.1, 0.15) is 42.8 Å². The molecule has 0 fully saturated rings. The maximum atomic E-state index is 12.4. The molecule has 0 aliphatic rings. The number of amides is 2. The monoisotopic (exact) mass is 415 g/mol. The average Bonchev–Trinajstić information content (AvgIpc) is 3.10. The van der Waals surface area contributed by atoms with Gasteiger partial charge in [-0.05, 0) is 29.7 Å². The third kappa shape index (κ3) is 5.77. The van der Waals surface area contributed by atoms with Crippen molar-refractivity contribution in [1.29, 1.82) is 0 Å². The molecule has 2 amide bonds. The van der Waals surface area contributed by atoms with Crippen molar-refractivity contribution >= 4 is 21.5 Å². The molecule has 2 N–H and O–H groups in total. The van der Waals surface area contributed by atoms with Gasteiger partial charge in [-0.25, -0.2) is 13.2 Å². The smallest absolute Gasteiger partial charge is 0.315 e. The highest BCUT2D eigenvalue weighted by Crippen LogP contribution is 2.17. The van der Waals surface area contributed by atoms with Crippen LogP contribution in [0.15, 0.2) is 48.7 Å². The summed E-state index contributed by atoms with van der Waals surface area (Å²) in [5.74, 6) is 0.703. The number of nitrogens with zero attached hydrogens (tertiary/aromatic N) is 3. The second kappa shape index (κ2) is 9.04. The number of aromatic nitrogens is 3. The maximum Gasteiger partial charge on any atom is 0.315 e. The Balaban J connectivity index is 1.61. The van der Waals surface area contributed by atoms with Crippen molar-refractivity contribution < 1.29 is 13.2 Å². The Hall–Kier alpha value is -2.94. The van der Waals surface area contributed by atoms with Crippen molar-refractivity contribution in [2.75, 3.05) is 6.26 Å². The first-order chi connectivity index (χ1) is 13.9. The number of hydrogen-bond acceptors (Lipinski definition) is 5. The van der Waals surface area contributed by atoms with Crippen LogP contribution in [0, 0.1) is 0 Å². The van der Waals surface area contributed by atoms with E-state index in [4.69, 9.17) is 0 Å². The van der Waals surface area contributed by atoms with Crippen LogP contribution < -0.4 is 10.6 Å². The van der Waals surface area contributed by atoms with Gasteiger partial charge in [0.2, 0.25) is 0 Å². The van der Waals surface area contributed by atoms with Gasteiger partial charge in [0.1, 0.15) is 0 Å². The first kappa shape index (κ1) is 20.8. The van der Waals surface area contributed by atoms with E-state index in [9.17, 15) is 13.2 Å². The Labute approximate surface area is 170 Å². The largest absolute Gasteiger partial charge is 0.334 e. The number of nitrogens with one attached hydrogen (secondary N) is 2. The zero-order chi connectivity index (χ0) is 20.9. The molecule has 0 radical (unpaired) electrons. The van der Waals surface area contributed by atoms with E-state index in [0.717, 1.165) is 29.6 Å². The van der Waals surface area contributed by atoms with Crippen molar-refractivity contribution in [2.45, 2.75) is 38.1 Å². The lowest BCUT2D eigenvalue weighted by Crippen LogP contribution is -2.38. The summed E-state index contributed by atoms with van der Waals surface area (Å²) in [5.41, 5.74) is 2.35. The van der Waals surface area contributed by atoms with Crippen LogP contribution in [-0.2, 0) is 22.1 Å². The third-order valence-electron chi connectivity index (χ3n) is 4.44. The molecule has 9 heteroatoms. The number of benzene rings is 1. The molecule has 1 atom stereocenters. The molecule has 0 saturated carbocycles. The lowest BCUT2D eigenvalue weighted by Gasteiger charge is -2.17. The summed E-state index contributed by atoms with van der Waals surface area (Å²) in [5, 5.41) is 14.2. The van der Waals surface area contributed by atoms with Gasteiger partial charge in [-0.3, -0.25) is 4.40 Å². The molecular formula is C20H25N5O3S. The van der Waals surface area contributed by atoms with E-state index in [-0.39, 0.29) is 17.8 Å². The quantitative estimate of drug-likeness (QED) is 0.588. The molecule has 29 heavy (non-hydrogen) atoms. The molecule has 0 aliphatic heterocycles. The lowest BCUT2D eigenvalue weighted by molar-refractivity contribution is 0.235. The number of carbonyl (C=O) groups is 1. The van der Waals surface area contributed by atoms with Crippen LogP contribution in [0.2, 0.25) is 0 Å². The van der Waals surface area contributed by atoms with Gasteiger partial charge < -0.3 is 10.6 Å². The van der Waals surface area contributed by atoms with Crippen LogP contribution in [0.25, 0.3) is 5.65 Å². The molecule has 0 saturated heterocycles. The van der Waals surface area contributed by atoms with Crippen LogP contribution >= 0.6 is 0 Å². The number of rotatable bonds is 8. The number of hydrogen-bond donors (Lipinski definition) is 2. The molecule has 154 valence electrons. The fourth-order valence-electron chi connectivity index (χ4n) is 3.10. The van der Waals surface area contributed by atoms with Crippen LogP contribution in [-0.4, -0.2) is 35.3 Å². The third-order valence-corrected chi connectivity index (χ3v) is 5.30. The van der Waals surface area contributed by atoms with E-state index in [0.29, 0.717) is 12.4 Å². The van der Waals surface area contributed by atoms with E-state index in [2.05, 4.69) is 20.8 Å². The molecule has 1 unspecified atom stereocenters. The molecule has 2 aromatic heterocycles. The number of fused-ring (bicyclic) bond motifs is 1. The van der Waals surface area contributed by atoms with Gasteiger partial charge in [0.25, 0.3) is 0 Å². The minimum absolute atomic E-state index is 0.00615. The average molecular weight is 416 g/mol. The number of urea groups is 1. The molecule has 1 aromatic carbocycles. The summed E-state index contributed by atoms with van der Waals surface area (Å²) in [6.45, 7) is 2.39. The highest BCUT2D eigenvalue weighted by atomic mass is 32.2. The fourth-order valence-corrected chi connectivity index (χ4v) is 3.90. The second-order valence-electron chi connectivity index (χ2n) is 7.04.